The van der Waals surface area contributed by atoms with Crippen LogP contribution in [0.4, 0.5) is 10.1 Å². The third kappa shape index (κ3) is 4.40. The second-order valence-electron chi connectivity index (χ2n) is 4.08. The molecule has 0 atom stereocenters. The summed E-state index contributed by atoms with van der Waals surface area (Å²) in [6, 6.07) is 4.99. The molecule has 1 aromatic rings. The Morgan fingerprint density at radius 1 is 1.19 bits per heavy atom. The Hall–Kier alpha value is -0.760. The molecular formula is C13H19ClFN. The van der Waals surface area contributed by atoms with Crippen LogP contribution in [0.25, 0.3) is 0 Å². The topological polar surface area (TPSA) is 12.0 Å². The van der Waals surface area contributed by atoms with Gasteiger partial charge in [-0.25, -0.2) is 4.39 Å². The minimum absolute atomic E-state index is 0.290. The summed E-state index contributed by atoms with van der Waals surface area (Å²) in [7, 11) is 0. The molecule has 1 aromatic carbocycles. The van der Waals surface area contributed by atoms with Crippen LogP contribution in [0.15, 0.2) is 18.2 Å². The summed E-state index contributed by atoms with van der Waals surface area (Å²) >= 11 is 5.81. The summed E-state index contributed by atoms with van der Waals surface area (Å²) in [5, 5.41) is 3.78. The van der Waals surface area contributed by atoms with Crippen LogP contribution >= 0.6 is 11.6 Å². The first-order valence-corrected chi connectivity index (χ1v) is 6.26. The lowest BCUT2D eigenvalue weighted by Crippen LogP contribution is -2.18. The molecule has 0 unspecified atom stereocenters. The molecule has 0 aliphatic rings. The Bertz CT molecular complexity index is 301. The summed E-state index contributed by atoms with van der Waals surface area (Å²) in [4.78, 5) is 0. The minimum Gasteiger partial charge on any atom is -0.382 e. The third-order valence-electron chi connectivity index (χ3n) is 2.51. The quantitative estimate of drug-likeness (QED) is 0.752. The first-order valence-electron chi connectivity index (χ1n) is 5.88. The van der Waals surface area contributed by atoms with Crippen molar-refractivity contribution in [3.05, 3.63) is 29.0 Å². The fourth-order valence-electron chi connectivity index (χ4n) is 1.86. The summed E-state index contributed by atoms with van der Waals surface area (Å²) in [5.74, 6) is -0.290. The van der Waals surface area contributed by atoms with Gasteiger partial charge >= 0.3 is 0 Å². The standard InChI is InChI=1S/C13H19ClFN/c1-3-5-12(6-4-2)16-13-8-10(14)7-11(15)9-13/h7-9,12,16H,3-6H2,1-2H3. The van der Waals surface area contributed by atoms with Crippen molar-refractivity contribution in [2.24, 2.45) is 0 Å². The Kier molecular flexibility index (Phi) is 5.61. The summed E-state index contributed by atoms with van der Waals surface area (Å²) < 4.78 is 13.1. The average molecular weight is 244 g/mol. The van der Waals surface area contributed by atoms with Crippen LogP contribution < -0.4 is 5.32 Å². The fraction of sp³-hybridized carbons (Fsp3) is 0.538. The maximum Gasteiger partial charge on any atom is 0.126 e. The Morgan fingerprint density at radius 2 is 1.81 bits per heavy atom. The van der Waals surface area contributed by atoms with Gasteiger partial charge in [0, 0.05) is 16.8 Å². The van der Waals surface area contributed by atoms with Crippen LogP contribution in [0, 0.1) is 5.82 Å². The van der Waals surface area contributed by atoms with Crippen LogP contribution in [0.3, 0.4) is 0 Å². The smallest absolute Gasteiger partial charge is 0.126 e. The summed E-state index contributed by atoms with van der Waals surface area (Å²) in [6.07, 6.45) is 4.45. The highest BCUT2D eigenvalue weighted by Gasteiger charge is 2.07. The van der Waals surface area contributed by atoms with E-state index in [4.69, 9.17) is 11.6 Å². The van der Waals surface area contributed by atoms with Crippen molar-refractivity contribution < 1.29 is 4.39 Å². The zero-order valence-corrected chi connectivity index (χ0v) is 10.6. The van der Waals surface area contributed by atoms with E-state index in [1.165, 1.54) is 12.1 Å². The lowest BCUT2D eigenvalue weighted by molar-refractivity contribution is 0.584. The van der Waals surface area contributed by atoms with Gasteiger partial charge in [-0.05, 0) is 31.0 Å². The molecule has 0 bridgehead atoms. The average Bonchev–Trinajstić information content (AvgIpc) is 2.16. The summed E-state index contributed by atoms with van der Waals surface area (Å²) in [5.41, 5.74) is 0.775. The molecule has 0 aliphatic carbocycles. The number of hydrogen-bond acceptors (Lipinski definition) is 1. The zero-order chi connectivity index (χ0) is 12.0. The molecule has 0 amide bonds. The number of benzene rings is 1. The minimum atomic E-state index is -0.290. The number of halogens is 2. The molecule has 16 heavy (non-hydrogen) atoms. The molecule has 0 heterocycles. The lowest BCUT2D eigenvalue weighted by atomic mass is 10.1. The van der Waals surface area contributed by atoms with Crippen LogP contribution in [0.5, 0.6) is 0 Å². The van der Waals surface area contributed by atoms with Crippen molar-refractivity contribution in [1.29, 1.82) is 0 Å². The van der Waals surface area contributed by atoms with E-state index < -0.39 is 0 Å². The van der Waals surface area contributed by atoms with E-state index in [1.54, 1.807) is 6.07 Å². The zero-order valence-electron chi connectivity index (χ0n) is 9.89. The number of rotatable bonds is 6. The van der Waals surface area contributed by atoms with Crippen molar-refractivity contribution in [2.45, 2.75) is 45.6 Å². The first-order chi connectivity index (χ1) is 7.65. The van der Waals surface area contributed by atoms with Gasteiger partial charge in [0.2, 0.25) is 0 Å². The molecule has 90 valence electrons. The van der Waals surface area contributed by atoms with Crippen LogP contribution in [-0.4, -0.2) is 6.04 Å². The van der Waals surface area contributed by atoms with E-state index in [1.807, 2.05) is 0 Å². The highest BCUT2D eigenvalue weighted by atomic mass is 35.5. The van der Waals surface area contributed by atoms with Crippen LogP contribution in [-0.2, 0) is 0 Å². The molecular weight excluding hydrogens is 225 g/mol. The van der Waals surface area contributed by atoms with E-state index in [0.717, 1.165) is 31.4 Å². The largest absolute Gasteiger partial charge is 0.382 e. The van der Waals surface area contributed by atoms with Gasteiger partial charge in [0.05, 0.1) is 0 Å². The molecule has 1 nitrogen and oxygen atoms in total. The Morgan fingerprint density at radius 3 is 2.31 bits per heavy atom. The maximum atomic E-state index is 13.1. The van der Waals surface area contributed by atoms with E-state index in [-0.39, 0.29) is 5.82 Å². The van der Waals surface area contributed by atoms with Crippen molar-refractivity contribution >= 4 is 17.3 Å². The SMILES string of the molecule is CCCC(CCC)Nc1cc(F)cc(Cl)c1. The van der Waals surface area contributed by atoms with Gasteiger partial charge in [0.25, 0.3) is 0 Å². The molecule has 1 N–H and O–H groups in total. The number of hydrogen-bond donors (Lipinski definition) is 1. The molecule has 0 saturated heterocycles. The second kappa shape index (κ2) is 6.74. The van der Waals surface area contributed by atoms with Gasteiger partial charge in [0.15, 0.2) is 0 Å². The van der Waals surface area contributed by atoms with Gasteiger partial charge < -0.3 is 5.32 Å². The van der Waals surface area contributed by atoms with Gasteiger partial charge in [-0.1, -0.05) is 38.3 Å². The van der Waals surface area contributed by atoms with E-state index in [0.29, 0.717) is 11.1 Å². The van der Waals surface area contributed by atoms with Crippen LogP contribution in [0.2, 0.25) is 5.02 Å². The van der Waals surface area contributed by atoms with Crippen molar-refractivity contribution in [1.82, 2.24) is 0 Å². The predicted octanol–water partition coefficient (Wildman–Crippen LogP) is 4.86. The second-order valence-corrected chi connectivity index (χ2v) is 4.51. The first kappa shape index (κ1) is 13.3. The number of anilines is 1. The molecule has 0 radical (unpaired) electrons. The monoisotopic (exact) mass is 243 g/mol. The van der Waals surface area contributed by atoms with Gasteiger partial charge in [-0.2, -0.15) is 0 Å². The maximum absolute atomic E-state index is 13.1. The normalized spacial score (nSPS) is 10.8. The molecule has 0 spiro atoms. The van der Waals surface area contributed by atoms with Crippen molar-refractivity contribution in [3.8, 4) is 0 Å². The molecule has 0 aliphatic heterocycles. The highest BCUT2D eigenvalue weighted by Crippen LogP contribution is 2.20. The molecule has 3 heteroatoms. The highest BCUT2D eigenvalue weighted by molar-refractivity contribution is 6.30. The van der Waals surface area contributed by atoms with E-state index in [2.05, 4.69) is 19.2 Å². The van der Waals surface area contributed by atoms with E-state index >= 15 is 0 Å². The van der Waals surface area contributed by atoms with E-state index in [9.17, 15) is 4.39 Å². The molecule has 0 fully saturated rings. The lowest BCUT2D eigenvalue weighted by Gasteiger charge is -2.18. The van der Waals surface area contributed by atoms with Crippen LogP contribution in [0.1, 0.15) is 39.5 Å². The molecule has 0 saturated carbocycles. The van der Waals surface area contributed by atoms with Crippen molar-refractivity contribution in [3.63, 3.8) is 0 Å². The van der Waals surface area contributed by atoms with Crippen molar-refractivity contribution in [2.75, 3.05) is 5.32 Å². The molecule has 0 aromatic heterocycles. The molecule has 1 rings (SSSR count). The van der Waals surface area contributed by atoms with Gasteiger partial charge in [0.1, 0.15) is 5.82 Å². The van der Waals surface area contributed by atoms with Gasteiger partial charge in [-0.15, -0.1) is 0 Å². The summed E-state index contributed by atoms with van der Waals surface area (Å²) in [6.45, 7) is 4.31. The van der Waals surface area contributed by atoms with Gasteiger partial charge in [-0.3, -0.25) is 0 Å². The Balaban J connectivity index is 2.68. The number of nitrogens with one attached hydrogen (secondary N) is 1. The predicted molar refractivity (Wildman–Crippen MR) is 68.6 cm³/mol. The third-order valence-corrected chi connectivity index (χ3v) is 2.73. The Labute approximate surface area is 102 Å². The fourth-order valence-corrected chi connectivity index (χ4v) is 2.08.